The van der Waals surface area contributed by atoms with Gasteiger partial charge in [-0.3, -0.25) is 0 Å². The zero-order valence-corrected chi connectivity index (χ0v) is 13.4. The minimum Gasteiger partial charge on any atom is -0.444 e. The first-order valence-corrected chi connectivity index (χ1v) is 7.58. The summed E-state index contributed by atoms with van der Waals surface area (Å²) in [4.78, 5) is 14.3. The molecule has 21 heavy (non-hydrogen) atoms. The van der Waals surface area contributed by atoms with Crippen LogP contribution in [0.1, 0.15) is 50.8 Å². The molecule has 1 aliphatic rings. The van der Waals surface area contributed by atoms with Gasteiger partial charge in [-0.15, -0.1) is 0 Å². The van der Waals surface area contributed by atoms with Crippen molar-refractivity contribution in [1.82, 2.24) is 4.90 Å². The third-order valence-electron chi connectivity index (χ3n) is 3.82. The predicted molar refractivity (Wildman–Crippen MR) is 84.1 cm³/mol. The zero-order valence-electron chi connectivity index (χ0n) is 13.4. The fourth-order valence-electron chi connectivity index (χ4n) is 2.79. The fourth-order valence-corrected chi connectivity index (χ4v) is 2.79. The van der Waals surface area contributed by atoms with Gasteiger partial charge in [-0.05, 0) is 51.7 Å². The first kappa shape index (κ1) is 15.8. The number of piperidine rings is 1. The van der Waals surface area contributed by atoms with Crippen molar-refractivity contribution in [3.63, 3.8) is 0 Å². The van der Waals surface area contributed by atoms with E-state index in [0.717, 1.165) is 12.8 Å². The number of amides is 1. The maximum absolute atomic E-state index is 12.5. The zero-order chi connectivity index (χ0) is 15.6. The third-order valence-corrected chi connectivity index (χ3v) is 3.82. The van der Waals surface area contributed by atoms with Crippen molar-refractivity contribution in [3.8, 4) is 0 Å². The number of aryl methyl sites for hydroxylation is 1. The Morgan fingerprint density at radius 3 is 2.62 bits per heavy atom. The maximum atomic E-state index is 12.5. The smallest absolute Gasteiger partial charge is 0.410 e. The minimum atomic E-state index is -0.479. The Morgan fingerprint density at radius 1 is 1.33 bits per heavy atom. The molecule has 1 amide bonds. The highest BCUT2D eigenvalue weighted by Crippen LogP contribution is 2.33. The van der Waals surface area contributed by atoms with E-state index in [4.69, 9.17) is 10.5 Å². The second kappa shape index (κ2) is 6.06. The van der Waals surface area contributed by atoms with Gasteiger partial charge in [-0.1, -0.05) is 24.3 Å². The van der Waals surface area contributed by atoms with Crippen LogP contribution in [-0.4, -0.2) is 29.2 Å². The molecule has 1 aliphatic heterocycles. The number of nitrogens with two attached hydrogens (primary N) is 1. The summed E-state index contributed by atoms with van der Waals surface area (Å²) in [5, 5.41) is 0. The second-order valence-corrected chi connectivity index (χ2v) is 6.83. The van der Waals surface area contributed by atoms with E-state index in [1.54, 1.807) is 0 Å². The number of hydrogen-bond acceptors (Lipinski definition) is 3. The fraction of sp³-hybridized carbons (Fsp3) is 0.588. The molecule has 116 valence electrons. The molecule has 0 aliphatic carbocycles. The molecule has 0 saturated carbocycles. The van der Waals surface area contributed by atoms with Crippen LogP contribution >= 0.6 is 0 Å². The molecule has 4 heteroatoms. The van der Waals surface area contributed by atoms with Crippen molar-refractivity contribution in [2.24, 2.45) is 5.73 Å². The monoisotopic (exact) mass is 290 g/mol. The van der Waals surface area contributed by atoms with E-state index in [9.17, 15) is 4.79 Å². The van der Waals surface area contributed by atoms with Crippen LogP contribution in [0.15, 0.2) is 24.3 Å². The van der Waals surface area contributed by atoms with Crippen molar-refractivity contribution < 1.29 is 9.53 Å². The Labute approximate surface area is 127 Å². The van der Waals surface area contributed by atoms with Crippen molar-refractivity contribution in [1.29, 1.82) is 0 Å². The van der Waals surface area contributed by atoms with Crippen molar-refractivity contribution in [3.05, 3.63) is 35.4 Å². The predicted octanol–water partition coefficient (Wildman–Crippen LogP) is 3.39. The Morgan fingerprint density at radius 2 is 2.00 bits per heavy atom. The van der Waals surface area contributed by atoms with Gasteiger partial charge in [0.2, 0.25) is 0 Å². The van der Waals surface area contributed by atoms with Gasteiger partial charge < -0.3 is 15.4 Å². The first-order valence-electron chi connectivity index (χ1n) is 7.58. The molecule has 2 rings (SSSR count). The van der Waals surface area contributed by atoms with Gasteiger partial charge >= 0.3 is 6.09 Å². The molecule has 1 aromatic rings. The van der Waals surface area contributed by atoms with E-state index in [1.807, 2.05) is 37.8 Å². The highest BCUT2D eigenvalue weighted by molar-refractivity contribution is 5.69. The topological polar surface area (TPSA) is 55.6 Å². The molecule has 0 radical (unpaired) electrons. The van der Waals surface area contributed by atoms with E-state index in [1.165, 1.54) is 11.1 Å². The number of hydrogen-bond donors (Lipinski definition) is 1. The molecule has 1 heterocycles. The minimum absolute atomic E-state index is 0.00444. The Hall–Kier alpha value is -1.55. The van der Waals surface area contributed by atoms with Crippen molar-refractivity contribution >= 4 is 6.09 Å². The standard InChI is InChI=1S/C17H26N2O2/c1-12-7-5-6-8-14(12)15-11-13(18)9-10-19(15)16(20)21-17(2,3)4/h5-8,13,15H,9-11,18H2,1-4H3. The molecule has 2 unspecified atom stereocenters. The molecule has 0 spiro atoms. The normalized spacial score (nSPS) is 23.0. The number of rotatable bonds is 1. The largest absolute Gasteiger partial charge is 0.444 e. The molecule has 2 atom stereocenters. The van der Waals surface area contributed by atoms with E-state index >= 15 is 0 Å². The lowest BCUT2D eigenvalue weighted by Crippen LogP contribution is -2.47. The Kier molecular flexibility index (Phi) is 4.57. The molecule has 0 bridgehead atoms. The SMILES string of the molecule is Cc1ccccc1C1CC(N)CCN1C(=O)OC(C)(C)C. The summed E-state index contributed by atoms with van der Waals surface area (Å²) in [5.41, 5.74) is 7.99. The Balaban J connectivity index is 2.26. The van der Waals surface area contributed by atoms with E-state index in [-0.39, 0.29) is 18.2 Å². The van der Waals surface area contributed by atoms with Gasteiger partial charge in [0.05, 0.1) is 6.04 Å². The second-order valence-electron chi connectivity index (χ2n) is 6.83. The van der Waals surface area contributed by atoms with Crippen LogP contribution in [0, 0.1) is 6.92 Å². The maximum Gasteiger partial charge on any atom is 0.410 e. The quantitative estimate of drug-likeness (QED) is 0.862. The van der Waals surface area contributed by atoms with Gasteiger partial charge in [-0.2, -0.15) is 0 Å². The number of ether oxygens (including phenoxy) is 1. The van der Waals surface area contributed by atoms with Crippen LogP contribution in [0.2, 0.25) is 0 Å². The lowest BCUT2D eigenvalue weighted by Gasteiger charge is -2.39. The van der Waals surface area contributed by atoms with Crippen molar-refractivity contribution in [2.75, 3.05) is 6.54 Å². The average Bonchev–Trinajstić information content (AvgIpc) is 2.37. The summed E-state index contributed by atoms with van der Waals surface area (Å²) >= 11 is 0. The Bertz CT molecular complexity index is 508. The van der Waals surface area contributed by atoms with Gasteiger partial charge in [0, 0.05) is 12.6 Å². The van der Waals surface area contributed by atoms with E-state index in [2.05, 4.69) is 19.1 Å². The molecular weight excluding hydrogens is 264 g/mol. The molecule has 1 fully saturated rings. The highest BCUT2D eigenvalue weighted by Gasteiger charge is 2.34. The molecule has 0 aromatic heterocycles. The van der Waals surface area contributed by atoms with Crippen LogP contribution < -0.4 is 5.73 Å². The van der Waals surface area contributed by atoms with Crippen LogP contribution in [0.25, 0.3) is 0 Å². The number of nitrogens with zero attached hydrogens (tertiary/aromatic N) is 1. The van der Waals surface area contributed by atoms with E-state index < -0.39 is 5.60 Å². The van der Waals surface area contributed by atoms with Gasteiger partial charge in [-0.25, -0.2) is 4.79 Å². The van der Waals surface area contributed by atoms with Gasteiger partial charge in [0.1, 0.15) is 5.60 Å². The highest BCUT2D eigenvalue weighted by atomic mass is 16.6. The number of carbonyl (C=O) groups excluding carboxylic acids is 1. The van der Waals surface area contributed by atoms with Crippen LogP contribution in [-0.2, 0) is 4.74 Å². The summed E-state index contributed by atoms with van der Waals surface area (Å²) in [6.07, 6.45) is 1.36. The van der Waals surface area contributed by atoms with Gasteiger partial charge in [0.25, 0.3) is 0 Å². The summed E-state index contributed by atoms with van der Waals surface area (Å²) in [6, 6.07) is 8.31. The third kappa shape index (κ3) is 3.97. The summed E-state index contributed by atoms with van der Waals surface area (Å²) in [5.74, 6) is 0. The molecule has 1 saturated heterocycles. The summed E-state index contributed by atoms with van der Waals surface area (Å²) in [7, 11) is 0. The molecule has 1 aromatic carbocycles. The molecular formula is C17H26N2O2. The average molecular weight is 290 g/mol. The van der Waals surface area contributed by atoms with Crippen molar-refractivity contribution in [2.45, 2.75) is 58.2 Å². The van der Waals surface area contributed by atoms with Gasteiger partial charge in [0.15, 0.2) is 0 Å². The lowest BCUT2D eigenvalue weighted by molar-refractivity contribution is 0.00791. The molecule has 4 nitrogen and oxygen atoms in total. The van der Waals surface area contributed by atoms with Crippen LogP contribution in [0.5, 0.6) is 0 Å². The van der Waals surface area contributed by atoms with Crippen LogP contribution in [0.3, 0.4) is 0 Å². The van der Waals surface area contributed by atoms with Crippen LogP contribution in [0.4, 0.5) is 4.79 Å². The number of likely N-dealkylation sites (tertiary alicyclic amines) is 1. The summed E-state index contributed by atoms with van der Waals surface area (Å²) < 4.78 is 5.55. The molecule has 2 N–H and O–H groups in total. The lowest BCUT2D eigenvalue weighted by atomic mass is 9.90. The number of benzene rings is 1. The number of carbonyl (C=O) groups is 1. The first-order chi connectivity index (χ1) is 9.78. The summed E-state index contributed by atoms with van der Waals surface area (Å²) in [6.45, 7) is 8.40. The van der Waals surface area contributed by atoms with E-state index in [0.29, 0.717) is 6.54 Å².